The van der Waals surface area contributed by atoms with Gasteiger partial charge in [0, 0.05) is 30.8 Å². The first-order valence-corrected chi connectivity index (χ1v) is 13.0. The number of hydrogen-bond acceptors (Lipinski definition) is 7. The number of carbonyl (C=O) groups excluding carboxylic acids is 2. The number of likely N-dealkylation sites (tertiary alicyclic amines) is 1. The molecule has 0 unspecified atom stereocenters. The van der Waals surface area contributed by atoms with E-state index >= 15 is 0 Å². The van der Waals surface area contributed by atoms with Crippen molar-refractivity contribution in [3.63, 3.8) is 0 Å². The van der Waals surface area contributed by atoms with Gasteiger partial charge in [-0.25, -0.2) is 9.59 Å². The monoisotopic (exact) mass is 499 g/mol. The summed E-state index contributed by atoms with van der Waals surface area (Å²) in [7, 11) is 0. The van der Waals surface area contributed by atoms with Gasteiger partial charge in [-0.2, -0.15) is 0 Å². The largest absolute Gasteiger partial charge is 0.460 e. The molecule has 1 aliphatic rings. The third-order valence-electron chi connectivity index (χ3n) is 5.56. The van der Waals surface area contributed by atoms with Gasteiger partial charge in [0.2, 0.25) is 5.60 Å². The third-order valence-corrected chi connectivity index (χ3v) is 7.78. The molecule has 6 nitrogen and oxygen atoms in total. The fourth-order valence-electron chi connectivity index (χ4n) is 3.82. The second-order valence-corrected chi connectivity index (χ2v) is 11.3. The summed E-state index contributed by atoms with van der Waals surface area (Å²) in [5, 5.41) is 13.6. The van der Waals surface area contributed by atoms with Gasteiger partial charge < -0.3 is 19.5 Å². The van der Waals surface area contributed by atoms with Crippen molar-refractivity contribution in [3.05, 3.63) is 69.7 Å². The van der Waals surface area contributed by atoms with E-state index < -0.39 is 17.2 Å². The Balaban J connectivity index is 1.48. The number of nitrogens with zero attached hydrogens (tertiary/aromatic N) is 1. The summed E-state index contributed by atoms with van der Waals surface area (Å²) in [4.78, 5) is 29.4. The first-order valence-electron chi connectivity index (χ1n) is 11.3. The zero-order chi connectivity index (χ0) is 24.3. The Hall–Kier alpha value is -2.68. The van der Waals surface area contributed by atoms with Crippen LogP contribution in [0.25, 0.3) is 10.4 Å². The summed E-state index contributed by atoms with van der Waals surface area (Å²) in [6.07, 6.45) is 0.238. The molecule has 1 amide bonds. The van der Waals surface area contributed by atoms with Gasteiger partial charge in [-0.15, -0.1) is 22.7 Å². The minimum absolute atomic E-state index is 0.362. The Bertz CT molecular complexity index is 1110. The average molecular weight is 500 g/mol. The lowest BCUT2D eigenvalue weighted by atomic mass is 9.99. The van der Waals surface area contributed by atoms with Crippen LogP contribution in [-0.2, 0) is 19.9 Å². The zero-order valence-electron chi connectivity index (χ0n) is 19.5. The van der Waals surface area contributed by atoms with Crippen LogP contribution < -0.4 is 0 Å². The molecule has 0 bridgehead atoms. The maximum absolute atomic E-state index is 13.4. The lowest BCUT2D eigenvalue weighted by molar-refractivity contribution is -0.169. The molecule has 0 aliphatic carbocycles. The van der Waals surface area contributed by atoms with Crippen molar-refractivity contribution in [2.24, 2.45) is 0 Å². The number of amides is 1. The van der Waals surface area contributed by atoms with E-state index in [-0.39, 0.29) is 12.2 Å². The molecule has 3 aromatic rings. The molecular weight excluding hydrogens is 470 g/mol. The molecule has 3 heterocycles. The first kappa shape index (κ1) is 24.4. The number of benzene rings is 1. The molecule has 4 rings (SSSR count). The zero-order valence-corrected chi connectivity index (χ0v) is 21.2. The molecule has 34 heavy (non-hydrogen) atoms. The van der Waals surface area contributed by atoms with Crippen molar-refractivity contribution in [2.75, 3.05) is 13.1 Å². The SMILES string of the molecule is CC(C)(C)OC(=O)N1CCC(OC(=O)[C@@](O)(c2cccs2)c2ccc(-c3ccccc3)s2)CC1. The highest BCUT2D eigenvalue weighted by Crippen LogP contribution is 2.41. The molecule has 1 atom stereocenters. The number of aliphatic hydroxyl groups is 1. The topological polar surface area (TPSA) is 76.1 Å². The van der Waals surface area contributed by atoms with Gasteiger partial charge in [0.05, 0.1) is 9.75 Å². The molecule has 0 spiro atoms. The number of piperidine rings is 1. The van der Waals surface area contributed by atoms with Gasteiger partial charge >= 0.3 is 12.1 Å². The number of rotatable bonds is 5. The lowest BCUT2D eigenvalue weighted by Gasteiger charge is -2.34. The normalized spacial score (nSPS) is 16.6. The summed E-state index contributed by atoms with van der Waals surface area (Å²) < 4.78 is 11.3. The molecule has 2 aromatic heterocycles. The molecular formula is C26H29NO5S2. The van der Waals surface area contributed by atoms with Crippen LogP contribution in [0.1, 0.15) is 43.4 Å². The fraction of sp³-hybridized carbons (Fsp3) is 0.385. The summed E-state index contributed by atoms with van der Waals surface area (Å²) in [6, 6.07) is 17.1. The van der Waals surface area contributed by atoms with E-state index in [0.717, 1.165) is 10.4 Å². The molecule has 1 fully saturated rings. The van der Waals surface area contributed by atoms with Crippen molar-refractivity contribution in [2.45, 2.75) is 50.9 Å². The molecule has 1 aliphatic heterocycles. The van der Waals surface area contributed by atoms with E-state index in [1.165, 1.54) is 22.7 Å². The van der Waals surface area contributed by atoms with Crippen molar-refractivity contribution in [1.29, 1.82) is 0 Å². The highest BCUT2D eigenvalue weighted by Gasteiger charge is 2.45. The van der Waals surface area contributed by atoms with Crippen molar-refractivity contribution in [1.82, 2.24) is 4.90 Å². The molecule has 0 radical (unpaired) electrons. The molecule has 0 saturated carbocycles. The highest BCUT2D eigenvalue weighted by molar-refractivity contribution is 7.16. The van der Waals surface area contributed by atoms with Gasteiger partial charge in [0.1, 0.15) is 11.7 Å². The second kappa shape index (κ2) is 9.90. The van der Waals surface area contributed by atoms with Gasteiger partial charge in [-0.1, -0.05) is 36.4 Å². The maximum Gasteiger partial charge on any atom is 0.410 e. The van der Waals surface area contributed by atoms with Crippen LogP contribution in [0.15, 0.2) is 60.0 Å². The predicted molar refractivity (Wildman–Crippen MR) is 134 cm³/mol. The minimum atomic E-state index is -1.88. The lowest BCUT2D eigenvalue weighted by Crippen LogP contribution is -2.45. The number of ether oxygens (including phenoxy) is 2. The average Bonchev–Trinajstić information content (AvgIpc) is 3.51. The molecule has 1 aromatic carbocycles. The summed E-state index contributed by atoms with van der Waals surface area (Å²) in [5.41, 5.74) is -1.42. The second-order valence-electron chi connectivity index (χ2n) is 9.29. The van der Waals surface area contributed by atoms with E-state index in [1.54, 1.807) is 17.0 Å². The Morgan fingerprint density at radius 3 is 2.29 bits per heavy atom. The Kier molecular flexibility index (Phi) is 7.12. The number of thiophene rings is 2. The molecule has 8 heteroatoms. The van der Waals surface area contributed by atoms with E-state index in [2.05, 4.69) is 0 Å². The predicted octanol–water partition coefficient (Wildman–Crippen LogP) is 5.66. The number of carbonyl (C=O) groups is 2. The summed E-state index contributed by atoms with van der Waals surface area (Å²) in [6.45, 7) is 6.36. The highest BCUT2D eigenvalue weighted by atomic mass is 32.1. The Morgan fingerprint density at radius 1 is 0.971 bits per heavy atom. The quantitative estimate of drug-likeness (QED) is 0.459. The van der Waals surface area contributed by atoms with Crippen LogP contribution in [0.4, 0.5) is 4.79 Å². The third kappa shape index (κ3) is 5.35. The van der Waals surface area contributed by atoms with Crippen molar-refractivity contribution >= 4 is 34.7 Å². The van der Waals surface area contributed by atoms with Crippen LogP contribution in [-0.4, -0.2) is 46.9 Å². The van der Waals surface area contributed by atoms with Crippen molar-refractivity contribution in [3.8, 4) is 10.4 Å². The van der Waals surface area contributed by atoms with E-state index in [9.17, 15) is 14.7 Å². The number of hydrogen-bond donors (Lipinski definition) is 1. The minimum Gasteiger partial charge on any atom is -0.460 e. The van der Waals surface area contributed by atoms with Gasteiger partial charge in [0.15, 0.2) is 0 Å². The molecule has 1 saturated heterocycles. The smallest absolute Gasteiger partial charge is 0.410 e. The van der Waals surface area contributed by atoms with Crippen LogP contribution in [0.2, 0.25) is 0 Å². The van der Waals surface area contributed by atoms with E-state index in [0.29, 0.717) is 35.7 Å². The van der Waals surface area contributed by atoms with Gasteiger partial charge in [-0.3, -0.25) is 0 Å². The van der Waals surface area contributed by atoms with E-state index in [4.69, 9.17) is 9.47 Å². The standard InChI is InChI=1S/C26H29NO5S2/c1-25(2,3)32-24(29)27-15-13-19(14-16-27)31-23(28)26(30,21-10-7-17-33-21)22-12-11-20(34-22)18-8-5-4-6-9-18/h4-12,17,19,30H,13-16H2,1-3H3/t26-/m1/s1. The number of esters is 1. The summed E-state index contributed by atoms with van der Waals surface area (Å²) >= 11 is 2.69. The molecule has 180 valence electrons. The first-order chi connectivity index (χ1) is 16.2. The van der Waals surface area contributed by atoms with Crippen molar-refractivity contribution < 1.29 is 24.2 Å². The molecule has 1 N–H and O–H groups in total. The maximum atomic E-state index is 13.4. The van der Waals surface area contributed by atoms with Gasteiger partial charge in [0.25, 0.3) is 0 Å². The van der Waals surface area contributed by atoms with E-state index in [1.807, 2.05) is 68.6 Å². The Morgan fingerprint density at radius 2 is 1.68 bits per heavy atom. The van der Waals surface area contributed by atoms with Crippen LogP contribution in [0.5, 0.6) is 0 Å². The van der Waals surface area contributed by atoms with Crippen LogP contribution >= 0.6 is 22.7 Å². The fourth-order valence-corrected chi connectivity index (χ4v) is 5.81. The van der Waals surface area contributed by atoms with Gasteiger partial charge in [-0.05, 0) is 49.9 Å². The van der Waals surface area contributed by atoms with Crippen LogP contribution in [0.3, 0.4) is 0 Å². The Labute approximate surface area is 207 Å². The summed E-state index contributed by atoms with van der Waals surface area (Å²) in [5.74, 6) is -0.688. The van der Waals surface area contributed by atoms with Crippen LogP contribution in [0, 0.1) is 0 Å².